The highest BCUT2D eigenvalue weighted by Crippen LogP contribution is 2.36. The van der Waals surface area contributed by atoms with E-state index < -0.39 is 15.8 Å². The third kappa shape index (κ3) is 20.7. The molecule has 1 aliphatic heterocycles. The van der Waals surface area contributed by atoms with Crippen LogP contribution in [0.3, 0.4) is 0 Å². The molecule has 1 N–H and O–H groups in total. The van der Waals surface area contributed by atoms with Crippen molar-refractivity contribution in [3.63, 3.8) is 0 Å². The number of hydrogen-bond donors (Lipinski definition) is 1. The molecule has 1 aromatic heterocycles. The lowest BCUT2D eigenvalue weighted by molar-refractivity contribution is 0.00578. The van der Waals surface area contributed by atoms with E-state index in [0.717, 1.165) is 35.1 Å². The summed E-state index contributed by atoms with van der Waals surface area (Å²) >= 11 is 0. The maximum absolute atomic E-state index is 12.5. The van der Waals surface area contributed by atoms with Crippen LogP contribution in [0.25, 0.3) is 0 Å². The number of sulfone groups is 1. The van der Waals surface area contributed by atoms with Crippen LogP contribution >= 0.6 is 0 Å². The van der Waals surface area contributed by atoms with Gasteiger partial charge in [0.05, 0.1) is 16.1 Å². The largest absolute Gasteiger partial charge is 0.494 e. The number of halogens is 2. The van der Waals surface area contributed by atoms with E-state index in [4.69, 9.17) is 9.31 Å². The normalized spacial score (nSPS) is 14.5. The van der Waals surface area contributed by atoms with Crippen molar-refractivity contribution in [3.05, 3.63) is 161 Å². The van der Waals surface area contributed by atoms with Gasteiger partial charge in [0.2, 0.25) is 5.95 Å². The van der Waals surface area contributed by atoms with Crippen molar-refractivity contribution in [3.8, 4) is 0 Å². The summed E-state index contributed by atoms with van der Waals surface area (Å²) in [5, 5.41) is 2.87. The minimum absolute atomic E-state index is 0.0160. The Morgan fingerprint density at radius 2 is 0.887 bits per heavy atom. The van der Waals surface area contributed by atoms with Crippen molar-refractivity contribution in [2.24, 2.45) is 0 Å². The van der Waals surface area contributed by atoms with Crippen LogP contribution < -0.4 is 10.8 Å². The highest BCUT2D eigenvalue weighted by molar-refractivity contribution is 7.90. The molecule has 0 atom stereocenters. The smallest absolute Gasteiger partial charge is 0.399 e. The highest BCUT2D eigenvalue weighted by atomic mass is 32.2. The van der Waals surface area contributed by atoms with Gasteiger partial charge in [-0.3, -0.25) is 4.79 Å². The second-order valence-electron chi connectivity index (χ2n) is 24.5. The van der Waals surface area contributed by atoms with Crippen LogP contribution in [0.5, 0.6) is 0 Å². The maximum atomic E-state index is 12.5. The van der Waals surface area contributed by atoms with Crippen LogP contribution in [0.15, 0.2) is 120 Å². The summed E-state index contributed by atoms with van der Waals surface area (Å²) in [4.78, 5) is 15.6. The molecular formula is C60H87BF2N2O5S. The van der Waals surface area contributed by atoms with Crippen molar-refractivity contribution in [2.75, 3.05) is 12.8 Å². The van der Waals surface area contributed by atoms with Crippen LogP contribution in [0.2, 0.25) is 0 Å². The number of carbonyl (C=O) groups excluding carboxylic acids is 1. The Balaban J connectivity index is 0.000000309. The molecule has 0 aliphatic carbocycles. The number of benzene rings is 4. The number of nitrogens with zero attached hydrogens (tertiary/aromatic N) is 1. The topological polar surface area (TPSA) is 94.6 Å². The highest BCUT2D eigenvalue weighted by Gasteiger charge is 2.51. The van der Waals surface area contributed by atoms with Crippen LogP contribution in [-0.4, -0.2) is 50.4 Å². The average Bonchev–Trinajstić information content (AvgIpc) is 3.47. The van der Waals surface area contributed by atoms with Gasteiger partial charge >= 0.3 is 7.12 Å². The zero-order chi connectivity index (χ0) is 54.6. The van der Waals surface area contributed by atoms with Gasteiger partial charge in [-0.05, 0) is 137 Å². The quantitative estimate of drug-likeness (QED) is 0.139. The molecule has 390 valence electrons. The van der Waals surface area contributed by atoms with Crippen molar-refractivity contribution in [1.82, 2.24) is 10.3 Å². The average molecular weight is 997 g/mol. The molecule has 11 heteroatoms. The van der Waals surface area contributed by atoms with E-state index in [9.17, 15) is 22.0 Å². The van der Waals surface area contributed by atoms with Gasteiger partial charge in [-0.15, -0.1) is 0 Å². The van der Waals surface area contributed by atoms with Gasteiger partial charge in [-0.1, -0.05) is 178 Å². The fourth-order valence-corrected chi connectivity index (χ4v) is 7.18. The molecular weight excluding hydrogens is 910 g/mol. The predicted molar refractivity (Wildman–Crippen MR) is 295 cm³/mol. The second-order valence-corrected chi connectivity index (χ2v) is 26.5. The molecule has 71 heavy (non-hydrogen) atoms. The molecule has 0 saturated carbocycles. The molecule has 4 aromatic carbocycles. The molecule has 1 amide bonds. The molecule has 1 aliphatic rings. The first-order valence-electron chi connectivity index (χ1n) is 24.7. The van der Waals surface area contributed by atoms with E-state index in [1.807, 2.05) is 55.5 Å². The molecule has 5 aromatic rings. The Kier molecular flexibility index (Phi) is 21.8. The van der Waals surface area contributed by atoms with Crippen LogP contribution in [-0.2, 0) is 46.2 Å². The van der Waals surface area contributed by atoms with Crippen molar-refractivity contribution >= 4 is 28.3 Å². The zero-order valence-corrected chi connectivity index (χ0v) is 47.9. The summed E-state index contributed by atoms with van der Waals surface area (Å²) in [6.45, 7) is 43.1. The first-order valence-corrected chi connectivity index (χ1v) is 26.6. The van der Waals surface area contributed by atoms with Crippen LogP contribution in [0.4, 0.5) is 8.78 Å². The van der Waals surface area contributed by atoms with E-state index >= 15 is 0 Å². The molecule has 6 rings (SSSR count). The Bertz CT molecular complexity index is 2440. The minimum atomic E-state index is -3.07. The number of carbonyl (C=O) groups is 1. The molecule has 0 spiro atoms. The predicted octanol–water partition coefficient (Wildman–Crippen LogP) is 14.4. The Labute approximate surface area is 429 Å². The molecule has 0 bridgehead atoms. The lowest BCUT2D eigenvalue weighted by atomic mass is 9.77. The molecule has 0 radical (unpaired) electrons. The summed E-state index contributed by atoms with van der Waals surface area (Å²) in [5.41, 5.74) is 7.76. The first-order chi connectivity index (χ1) is 32.2. The fourth-order valence-electron chi connectivity index (χ4n) is 6.55. The van der Waals surface area contributed by atoms with Gasteiger partial charge in [0.1, 0.15) is 5.82 Å². The van der Waals surface area contributed by atoms with Gasteiger partial charge in [0.15, 0.2) is 9.84 Å². The summed E-state index contributed by atoms with van der Waals surface area (Å²) in [6, 6.07) is 33.3. The fraction of sp³-hybridized carbons (Fsp3) is 0.500. The standard InChI is InChI=1S/C16H25BO2.C14H21NO.C11H16O2S.C10H13F.C9H12FN/c1-14(2,3)12-8-10-13(11-9-12)17-18-15(4,5)16(6,7)19-17;1-5-10-15-13(16)11-6-8-12(9-7-11)14(2,3)4;1-11(2,3)9-5-7-10(8-6-9)14(4,12)13;1-10(2,3)8-4-6-9(11)7-5-8;1-9(2,3)7-4-5-8(10)11-6-7/h8-11H,1-7H3;6-9H,5,10H2,1-4H3,(H,15,16);5-8H,1-4H3;4-7H,1-3H3;4-6H,1-3H3. The number of amides is 1. The molecule has 7 nitrogen and oxygen atoms in total. The Morgan fingerprint density at radius 1 is 0.549 bits per heavy atom. The Hall–Kier alpha value is -4.71. The van der Waals surface area contributed by atoms with E-state index in [0.29, 0.717) is 4.90 Å². The van der Waals surface area contributed by atoms with E-state index in [1.165, 1.54) is 41.1 Å². The van der Waals surface area contributed by atoms with Gasteiger partial charge < -0.3 is 14.6 Å². The van der Waals surface area contributed by atoms with E-state index in [1.54, 1.807) is 24.4 Å². The summed E-state index contributed by atoms with van der Waals surface area (Å²) < 4.78 is 59.3. The number of pyridine rings is 1. The van der Waals surface area contributed by atoms with Gasteiger partial charge in [0, 0.05) is 24.6 Å². The van der Waals surface area contributed by atoms with E-state index in [-0.39, 0.29) is 57.1 Å². The summed E-state index contributed by atoms with van der Waals surface area (Å²) in [5.74, 6) is -0.571. The lowest BCUT2D eigenvalue weighted by Crippen LogP contribution is -2.41. The Morgan fingerprint density at radius 3 is 1.21 bits per heavy atom. The third-order valence-corrected chi connectivity index (χ3v) is 13.4. The van der Waals surface area contributed by atoms with Crippen LogP contribution in [0.1, 0.15) is 183 Å². The van der Waals surface area contributed by atoms with Gasteiger partial charge in [-0.2, -0.15) is 4.39 Å². The third-order valence-electron chi connectivity index (χ3n) is 12.3. The molecule has 2 heterocycles. The summed E-state index contributed by atoms with van der Waals surface area (Å²) in [6.07, 6.45) is 3.76. The lowest BCUT2D eigenvalue weighted by Gasteiger charge is -2.32. The van der Waals surface area contributed by atoms with Gasteiger partial charge in [0.25, 0.3) is 5.91 Å². The van der Waals surface area contributed by atoms with Crippen molar-refractivity contribution in [2.45, 2.75) is 188 Å². The zero-order valence-electron chi connectivity index (χ0n) is 47.1. The van der Waals surface area contributed by atoms with E-state index in [2.05, 4.69) is 166 Å². The summed E-state index contributed by atoms with van der Waals surface area (Å²) in [7, 11) is -3.33. The van der Waals surface area contributed by atoms with Crippen molar-refractivity contribution in [1.29, 1.82) is 0 Å². The SMILES string of the molecule is CC(C)(C)c1ccc(B2OC(C)(C)C(C)(C)O2)cc1.CC(C)(C)c1ccc(F)cc1.CC(C)(C)c1ccc(F)nc1.CC(C)(C)c1ccc(S(C)(=O)=O)cc1.CCCNC(=O)c1ccc(C(C)(C)C)cc1. The number of hydrogen-bond acceptors (Lipinski definition) is 6. The number of nitrogens with one attached hydrogen (secondary N) is 1. The van der Waals surface area contributed by atoms with Crippen molar-refractivity contribution < 1.29 is 31.3 Å². The molecule has 0 unspecified atom stereocenters. The van der Waals surface area contributed by atoms with Gasteiger partial charge in [-0.25, -0.2) is 17.8 Å². The molecule has 1 fully saturated rings. The monoisotopic (exact) mass is 997 g/mol. The first kappa shape index (κ1) is 62.4. The molecule has 1 saturated heterocycles. The number of rotatable bonds is 5. The minimum Gasteiger partial charge on any atom is -0.399 e. The van der Waals surface area contributed by atoms with Crippen LogP contribution in [0, 0.1) is 11.8 Å². The maximum Gasteiger partial charge on any atom is 0.494 e. The number of aromatic nitrogens is 1. The second kappa shape index (κ2) is 24.8.